The number of rotatable bonds is 4. The van der Waals surface area contributed by atoms with Gasteiger partial charge in [-0.15, -0.1) is 0 Å². The van der Waals surface area contributed by atoms with Gasteiger partial charge in [0.15, 0.2) is 5.82 Å². The zero-order valence-electron chi connectivity index (χ0n) is 18.8. The Morgan fingerprint density at radius 3 is 2.27 bits per heavy atom. The minimum absolute atomic E-state index is 0.0798. The first-order valence-corrected chi connectivity index (χ1v) is 10.9. The van der Waals surface area contributed by atoms with Crippen LogP contribution < -0.4 is 4.90 Å². The van der Waals surface area contributed by atoms with Crippen LogP contribution in [0.2, 0.25) is 0 Å². The van der Waals surface area contributed by atoms with E-state index in [1.165, 1.54) is 28.2 Å². The number of aromatic nitrogens is 3. The van der Waals surface area contributed by atoms with Gasteiger partial charge in [0.1, 0.15) is 0 Å². The molecule has 1 amide bonds. The SMILES string of the molecule is Cc1ccccc1N1CCN(C(=O)c2cnn(-c3ccc(C(F)(F)F)cn3)c2C(C)C)CC1. The number of carbonyl (C=O) groups excluding carboxylic acids is 1. The Bertz CT molecular complexity index is 1130. The molecule has 3 aromatic rings. The fourth-order valence-corrected chi connectivity index (χ4v) is 4.18. The van der Waals surface area contributed by atoms with Gasteiger partial charge in [-0.25, -0.2) is 9.67 Å². The van der Waals surface area contributed by atoms with Crippen LogP contribution in [0.25, 0.3) is 5.82 Å². The number of pyridine rings is 1. The van der Waals surface area contributed by atoms with Crippen molar-refractivity contribution in [3.05, 3.63) is 71.2 Å². The number of aryl methyl sites for hydroxylation is 1. The highest BCUT2D eigenvalue weighted by Crippen LogP contribution is 2.30. The third kappa shape index (κ3) is 4.58. The zero-order valence-corrected chi connectivity index (χ0v) is 18.8. The molecule has 0 unspecified atom stereocenters. The molecule has 4 rings (SSSR count). The van der Waals surface area contributed by atoms with Crippen LogP contribution in [0.15, 0.2) is 48.8 Å². The van der Waals surface area contributed by atoms with Crippen LogP contribution in [0.5, 0.6) is 0 Å². The van der Waals surface area contributed by atoms with Gasteiger partial charge < -0.3 is 9.80 Å². The quantitative estimate of drug-likeness (QED) is 0.571. The molecule has 0 radical (unpaired) electrons. The number of piperazine rings is 1. The van der Waals surface area contributed by atoms with Crippen molar-refractivity contribution in [2.45, 2.75) is 32.9 Å². The van der Waals surface area contributed by atoms with Crippen molar-refractivity contribution >= 4 is 11.6 Å². The predicted octanol–water partition coefficient (Wildman–Crippen LogP) is 4.68. The molecule has 1 aliphatic heterocycles. The Labute approximate surface area is 190 Å². The summed E-state index contributed by atoms with van der Waals surface area (Å²) in [4.78, 5) is 21.4. The number of benzene rings is 1. The molecule has 33 heavy (non-hydrogen) atoms. The van der Waals surface area contributed by atoms with E-state index in [0.29, 0.717) is 24.3 Å². The molecule has 2 aromatic heterocycles. The molecular weight excluding hydrogens is 431 g/mol. The number of carbonyl (C=O) groups is 1. The van der Waals surface area contributed by atoms with E-state index in [1.807, 2.05) is 30.9 Å². The first-order chi connectivity index (χ1) is 15.7. The van der Waals surface area contributed by atoms with Gasteiger partial charge in [-0.05, 0) is 36.6 Å². The average molecular weight is 458 g/mol. The average Bonchev–Trinajstić information content (AvgIpc) is 3.24. The summed E-state index contributed by atoms with van der Waals surface area (Å²) in [6.07, 6.45) is -2.18. The van der Waals surface area contributed by atoms with Gasteiger partial charge in [0.2, 0.25) is 0 Å². The monoisotopic (exact) mass is 457 g/mol. The Kier molecular flexibility index (Phi) is 6.14. The zero-order chi connectivity index (χ0) is 23.8. The van der Waals surface area contributed by atoms with Gasteiger partial charge in [-0.2, -0.15) is 18.3 Å². The van der Waals surface area contributed by atoms with E-state index in [1.54, 1.807) is 0 Å². The fourth-order valence-electron chi connectivity index (χ4n) is 4.18. The van der Waals surface area contributed by atoms with E-state index >= 15 is 0 Å². The van der Waals surface area contributed by atoms with Crippen LogP contribution in [-0.4, -0.2) is 51.8 Å². The first-order valence-electron chi connectivity index (χ1n) is 10.9. The molecule has 1 aliphatic rings. The fraction of sp³-hybridized carbons (Fsp3) is 0.375. The minimum Gasteiger partial charge on any atom is -0.368 e. The molecule has 6 nitrogen and oxygen atoms in total. The van der Waals surface area contributed by atoms with Crippen LogP contribution in [0.4, 0.5) is 18.9 Å². The number of alkyl halides is 3. The lowest BCUT2D eigenvalue weighted by Gasteiger charge is -2.36. The molecule has 1 saturated heterocycles. The predicted molar refractivity (Wildman–Crippen MR) is 120 cm³/mol. The van der Waals surface area contributed by atoms with Crippen molar-refractivity contribution in [2.75, 3.05) is 31.1 Å². The van der Waals surface area contributed by atoms with Crippen LogP contribution in [0, 0.1) is 6.92 Å². The number of nitrogens with zero attached hydrogens (tertiary/aromatic N) is 5. The lowest BCUT2D eigenvalue weighted by atomic mass is 10.0. The van der Waals surface area contributed by atoms with Crippen molar-refractivity contribution < 1.29 is 18.0 Å². The third-order valence-electron chi connectivity index (χ3n) is 5.90. The van der Waals surface area contributed by atoms with E-state index in [4.69, 9.17) is 0 Å². The van der Waals surface area contributed by atoms with Gasteiger partial charge in [-0.1, -0.05) is 32.0 Å². The summed E-state index contributed by atoms with van der Waals surface area (Å²) in [6.45, 7) is 8.52. The lowest BCUT2D eigenvalue weighted by molar-refractivity contribution is -0.137. The number of hydrogen-bond acceptors (Lipinski definition) is 4. The number of hydrogen-bond donors (Lipinski definition) is 0. The summed E-state index contributed by atoms with van der Waals surface area (Å²) in [5.41, 5.74) is 2.63. The summed E-state index contributed by atoms with van der Waals surface area (Å²) in [6, 6.07) is 10.4. The standard InChI is InChI=1S/C24H26F3N5O/c1-16(2)22-19(15-29-32(22)21-9-8-18(14-28-21)24(25,26)27)23(33)31-12-10-30(11-13-31)20-7-5-4-6-17(20)3/h4-9,14-16H,10-13H2,1-3H3. The minimum atomic E-state index is -4.46. The van der Waals surface area contributed by atoms with E-state index in [2.05, 4.69) is 34.0 Å². The van der Waals surface area contributed by atoms with E-state index in [-0.39, 0.29) is 17.6 Å². The molecule has 9 heteroatoms. The van der Waals surface area contributed by atoms with Gasteiger partial charge >= 0.3 is 6.18 Å². The van der Waals surface area contributed by atoms with Crippen molar-refractivity contribution in [1.29, 1.82) is 0 Å². The highest BCUT2D eigenvalue weighted by atomic mass is 19.4. The van der Waals surface area contributed by atoms with Crippen molar-refractivity contribution in [3.63, 3.8) is 0 Å². The van der Waals surface area contributed by atoms with Crippen LogP contribution in [0.1, 0.15) is 46.9 Å². The summed E-state index contributed by atoms with van der Waals surface area (Å²) in [7, 11) is 0. The molecule has 0 saturated carbocycles. The molecule has 0 atom stereocenters. The normalized spacial score (nSPS) is 14.8. The number of anilines is 1. The smallest absolute Gasteiger partial charge is 0.368 e. The molecule has 0 bridgehead atoms. The maximum Gasteiger partial charge on any atom is 0.417 e. The third-order valence-corrected chi connectivity index (χ3v) is 5.90. The van der Waals surface area contributed by atoms with Crippen molar-refractivity contribution in [1.82, 2.24) is 19.7 Å². The molecule has 174 valence electrons. The van der Waals surface area contributed by atoms with Crippen LogP contribution >= 0.6 is 0 Å². The Balaban J connectivity index is 1.54. The maximum atomic E-state index is 13.4. The van der Waals surface area contributed by atoms with Gasteiger partial charge in [0.25, 0.3) is 5.91 Å². The molecule has 0 aliphatic carbocycles. The first kappa shape index (κ1) is 22.8. The van der Waals surface area contributed by atoms with Crippen molar-refractivity contribution in [3.8, 4) is 5.82 Å². The molecule has 0 spiro atoms. The highest BCUT2D eigenvalue weighted by Gasteiger charge is 2.31. The topological polar surface area (TPSA) is 54.3 Å². The summed E-state index contributed by atoms with van der Waals surface area (Å²) in [5.74, 6) is 0.0419. The second-order valence-electron chi connectivity index (χ2n) is 8.48. The summed E-state index contributed by atoms with van der Waals surface area (Å²) < 4.78 is 40.1. The Morgan fingerprint density at radius 1 is 1.00 bits per heavy atom. The second kappa shape index (κ2) is 8.88. The maximum absolute atomic E-state index is 13.4. The Morgan fingerprint density at radius 2 is 1.70 bits per heavy atom. The Hall–Kier alpha value is -3.36. The molecule has 1 aromatic carbocycles. The highest BCUT2D eigenvalue weighted by molar-refractivity contribution is 5.95. The van der Waals surface area contributed by atoms with Crippen LogP contribution in [-0.2, 0) is 6.18 Å². The van der Waals surface area contributed by atoms with Gasteiger partial charge in [-0.3, -0.25) is 4.79 Å². The molecular formula is C24H26F3N5O. The molecule has 0 N–H and O–H groups in total. The second-order valence-corrected chi connectivity index (χ2v) is 8.48. The van der Waals surface area contributed by atoms with E-state index in [9.17, 15) is 18.0 Å². The lowest BCUT2D eigenvalue weighted by Crippen LogP contribution is -2.49. The number of para-hydroxylation sites is 1. The van der Waals surface area contributed by atoms with Gasteiger partial charge in [0, 0.05) is 38.1 Å². The number of amides is 1. The van der Waals surface area contributed by atoms with Gasteiger partial charge in [0.05, 0.1) is 23.0 Å². The van der Waals surface area contributed by atoms with Crippen LogP contribution in [0.3, 0.4) is 0 Å². The number of halogens is 3. The van der Waals surface area contributed by atoms with Crippen molar-refractivity contribution in [2.24, 2.45) is 0 Å². The van der Waals surface area contributed by atoms with E-state index in [0.717, 1.165) is 25.4 Å². The summed E-state index contributed by atoms with van der Waals surface area (Å²) >= 11 is 0. The molecule has 1 fully saturated rings. The summed E-state index contributed by atoms with van der Waals surface area (Å²) in [5, 5.41) is 4.30. The largest absolute Gasteiger partial charge is 0.417 e. The molecule has 3 heterocycles. The van der Waals surface area contributed by atoms with E-state index < -0.39 is 11.7 Å².